The number of carbonyl (C=O) groups excluding carboxylic acids is 1. The average molecular weight is 442 g/mol. The molecule has 0 unspecified atom stereocenters. The van der Waals surface area contributed by atoms with E-state index in [1.807, 2.05) is 17.9 Å². The van der Waals surface area contributed by atoms with Crippen molar-refractivity contribution in [2.45, 2.75) is 52.0 Å². The Hall–Kier alpha value is -2.49. The summed E-state index contributed by atoms with van der Waals surface area (Å²) in [5.41, 5.74) is 3.48. The van der Waals surface area contributed by atoms with E-state index < -0.39 is 0 Å². The fourth-order valence-corrected chi connectivity index (χ4v) is 5.27. The molecule has 162 valence electrons. The van der Waals surface area contributed by atoms with Gasteiger partial charge in [0.25, 0.3) is 0 Å². The number of carbonyl (C=O) groups is 1. The van der Waals surface area contributed by atoms with Gasteiger partial charge in [-0.05, 0) is 26.0 Å². The van der Waals surface area contributed by atoms with Crippen LogP contribution in [0.4, 0.5) is 4.39 Å². The third-order valence-electron chi connectivity index (χ3n) is 6.01. The Morgan fingerprint density at radius 3 is 3.03 bits per heavy atom. The molecule has 3 aromatic rings. The predicted octanol–water partition coefficient (Wildman–Crippen LogP) is 3.09. The van der Waals surface area contributed by atoms with Crippen molar-refractivity contribution in [3.05, 3.63) is 46.0 Å². The van der Waals surface area contributed by atoms with E-state index in [4.69, 9.17) is 4.74 Å². The highest BCUT2D eigenvalue weighted by atomic mass is 32.1. The Kier molecular flexibility index (Phi) is 5.41. The van der Waals surface area contributed by atoms with Crippen molar-refractivity contribution in [1.29, 1.82) is 0 Å². The van der Waals surface area contributed by atoms with Gasteiger partial charge in [0.2, 0.25) is 0 Å². The number of nitrogens with zero attached hydrogens (tertiary/aromatic N) is 5. The van der Waals surface area contributed by atoms with Gasteiger partial charge in [0.1, 0.15) is 18.2 Å². The summed E-state index contributed by atoms with van der Waals surface area (Å²) in [6, 6.07) is 4.09. The minimum absolute atomic E-state index is 0.0474. The molecule has 7 nitrogen and oxygen atoms in total. The zero-order valence-electron chi connectivity index (χ0n) is 17.5. The molecular weight excluding hydrogens is 417 g/mol. The average Bonchev–Trinajstić information content (AvgIpc) is 3.38. The molecule has 1 fully saturated rings. The van der Waals surface area contributed by atoms with E-state index in [0.29, 0.717) is 44.3 Å². The van der Waals surface area contributed by atoms with Crippen LogP contribution in [0.25, 0.3) is 10.2 Å². The van der Waals surface area contributed by atoms with Crippen molar-refractivity contribution in [3.63, 3.8) is 0 Å². The molecule has 2 atom stereocenters. The molecular formula is C22H24FN5O2S. The van der Waals surface area contributed by atoms with Crippen LogP contribution in [0.3, 0.4) is 0 Å². The number of thiazole rings is 1. The van der Waals surface area contributed by atoms with Crippen molar-refractivity contribution in [2.24, 2.45) is 0 Å². The number of hydrogen-bond donors (Lipinski definition) is 0. The lowest BCUT2D eigenvalue weighted by molar-refractivity contribution is -0.108. The maximum atomic E-state index is 14.6. The highest BCUT2D eigenvalue weighted by molar-refractivity contribution is 7.18. The number of aldehydes is 1. The second-order valence-corrected chi connectivity index (χ2v) is 9.59. The standard InChI is InChI=1S/C22H24FN5O2S/c1-13-5-17(30-22-24-8-16-9-27(3-4-29)12-20(16)26-22)11-28(13)10-15-6-19-21(7-18(15)23)31-14(2)25-19/h4,6-8,13,17H,3,5,9-12H2,1-2H3/t13-,17-/m0/s1. The summed E-state index contributed by atoms with van der Waals surface area (Å²) in [5, 5.41) is 0.943. The summed E-state index contributed by atoms with van der Waals surface area (Å²) < 4.78 is 21.6. The molecule has 0 bridgehead atoms. The molecule has 2 aliphatic rings. The summed E-state index contributed by atoms with van der Waals surface area (Å²) in [4.78, 5) is 28.4. The van der Waals surface area contributed by atoms with Crippen LogP contribution in [0.1, 0.15) is 35.2 Å². The summed E-state index contributed by atoms with van der Waals surface area (Å²) >= 11 is 1.51. The zero-order chi connectivity index (χ0) is 21.5. The lowest BCUT2D eigenvalue weighted by Gasteiger charge is -2.21. The molecule has 0 spiro atoms. The molecule has 0 saturated carbocycles. The Balaban J connectivity index is 1.25. The van der Waals surface area contributed by atoms with Crippen LogP contribution in [-0.2, 0) is 24.4 Å². The Bertz CT molecular complexity index is 1140. The van der Waals surface area contributed by atoms with Crippen molar-refractivity contribution >= 4 is 27.8 Å². The topological polar surface area (TPSA) is 71.5 Å². The van der Waals surface area contributed by atoms with Gasteiger partial charge in [-0.2, -0.15) is 4.98 Å². The third-order valence-corrected chi connectivity index (χ3v) is 6.94. The van der Waals surface area contributed by atoms with E-state index in [-0.39, 0.29) is 18.0 Å². The van der Waals surface area contributed by atoms with Gasteiger partial charge >= 0.3 is 6.01 Å². The molecule has 2 aliphatic heterocycles. The van der Waals surface area contributed by atoms with Crippen LogP contribution in [0.15, 0.2) is 18.3 Å². The summed E-state index contributed by atoms with van der Waals surface area (Å²) in [7, 11) is 0. The smallest absolute Gasteiger partial charge is 0.316 e. The highest BCUT2D eigenvalue weighted by Gasteiger charge is 2.32. The minimum Gasteiger partial charge on any atom is -0.459 e. The van der Waals surface area contributed by atoms with Gasteiger partial charge in [-0.1, -0.05) is 0 Å². The van der Waals surface area contributed by atoms with Crippen LogP contribution in [0, 0.1) is 12.7 Å². The molecule has 0 aliphatic carbocycles. The van der Waals surface area contributed by atoms with E-state index in [0.717, 1.165) is 39.2 Å². The van der Waals surface area contributed by atoms with Crippen LogP contribution in [-0.4, -0.2) is 56.3 Å². The number of rotatable bonds is 6. The minimum atomic E-state index is -0.186. The number of halogens is 1. The monoisotopic (exact) mass is 441 g/mol. The van der Waals surface area contributed by atoms with Gasteiger partial charge in [-0.15, -0.1) is 11.3 Å². The first-order valence-corrected chi connectivity index (χ1v) is 11.3. The lowest BCUT2D eigenvalue weighted by atomic mass is 10.1. The number of aromatic nitrogens is 3. The number of benzene rings is 1. The Morgan fingerprint density at radius 1 is 1.32 bits per heavy atom. The number of aryl methyl sites for hydroxylation is 1. The fraction of sp³-hybridized carbons (Fsp3) is 0.455. The van der Waals surface area contributed by atoms with Gasteiger partial charge in [-0.25, -0.2) is 14.4 Å². The second-order valence-electron chi connectivity index (χ2n) is 8.36. The zero-order valence-corrected chi connectivity index (χ0v) is 18.4. The lowest BCUT2D eigenvalue weighted by Crippen LogP contribution is -2.28. The number of fused-ring (bicyclic) bond motifs is 2. The molecule has 31 heavy (non-hydrogen) atoms. The van der Waals surface area contributed by atoms with Gasteiger partial charge in [0, 0.05) is 56.0 Å². The van der Waals surface area contributed by atoms with Crippen molar-refractivity contribution < 1.29 is 13.9 Å². The second kappa shape index (κ2) is 8.22. The number of ether oxygens (including phenoxy) is 1. The predicted molar refractivity (Wildman–Crippen MR) is 115 cm³/mol. The van der Waals surface area contributed by atoms with Crippen molar-refractivity contribution in [2.75, 3.05) is 13.1 Å². The van der Waals surface area contributed by atoms with Crippen LogP contribution >= 0.6 is 11.3 Å². The highest BCUT2D eigenvalue weighted by Crippen LogP contribution is 2.29. The SMILES string of the molecule is Cc1nc2cc(CN3C[C@@H](Oc4ncc5c(n4)CN(CC=O)C5)C[C@@H]3C)c(F)cc2s1. The van der Waals surface area contributed by atoms with E-state index in [1.165, 1.54) is 11.3 Å². The first-order valence-electron chi connectivity index (χ1n) is 10.5. The third kappa shape index (κ3) is 4.17. The Morgan fingerprint density at radius 2 is 2.19 bits per heavy atom. The fourth-order valence-electron chi connectivity index (χ4n) is 4.44. The van der Waals surface area contributed by atoms with Crippen LogP contribution in [0.5, 0.6) is 6.01 Å². The number of hydrogen-bond acceptors (Lipinski definition) is 8. The van der Waals surface area contributed by atoms with E-state index in [9.17, 15) is 9.18 Å². The van der Waals surface area contributed by atoms with E-state index >= 15 is 0 Å². The largest absolute Gasteiger partial charge is 0.459 e. The normalized spacial score (nSPS) is 21.6. The maximum Gasteiger partial charge on any atom is 0.316 e. The van der Waals surface area contributed by atoms with E-state index in [1.54, 1.807) is 12.3 Å². The first-order chi connectivity index (χ1) is 15.0. The molecule has 4 heterocycles. The van der Waals surface area contributed by atoms with Crippen molar-refractivity contribution in [3.8, 4) is 6.01 Å². The number of likely N-dealkylation sites (tertiary alicyclic amines) is 1. The maximum absolute atomic E-state index is 14.6. The van der Waals surface area contributed by atoms with Gasteiger partial charge in [0.05, 0.1) is 27.5 Å². The molecule has 2 aromatic heterocycles. The Labute approximate surface area is 183 Å². The van der Waals surface area contributed by atoms with E-state index in [2.05, 4.69) is 26.8 Å². The molecule has 0 radical (unpaired) electrons. The molecule has 0 amide bonds. The molecule has 1 saturated heterocycles. The quantitative estimate of drug-likeness (QED) is 0.545. The summed E-state index contributed by atoms with van der Waals surface area (Å²) in [5.74, 6) is -0.186. The molecule has 1 aromatic carbocycles. The molecule has 9 heteroatoms. The van der Waals surface area contributed by atoms with Crippen molar-refractivity contribution in [1.82, 2.24) is 24.8 Å². The van der Waals surface area contributed by atoms with Crippen LogP contribution < -0.4 is 4.74 Å². The van der Waals surface area contributed by atoms with Gasteiger partial charge < -0.3 is 9.53 Å². The summed E-state index contributed by atoms with van der Waals surface area (Å²) in [6.45, 7) is 7.00. The molecule has 5 rings (SSSR count). The van der Waals surface area contributed by atoms with Gasteiger partial charge in [0.15, 0.2) is 0 Å². The molecule has 0 N–H and O–H groups in total. The van der Waals surface area contributed by atoms with Gasteiger partial charge in [-0.3, -0.25) is 9.80 Å². The first kappa shape index (κ1) is 20.4. The van der Waals surface area contributed by atoms with Crippen LogP contribution in [0.2, 0.25) is 0 Å². The summed E-state index contributed by atoms with van der Waals surface area (Å²) in [6.07, 6.45) is 3.48.